The summed E-state index contributed by atoms with van der Waals surface area (Å²) in [5.41, 5.74) is 0. The largest absolute Gasteiger partial charge is 0.362 e. The fraction of sp³-hybridized carbons (Fsp3) is 0.909. The van der Waals surface area contributed by atoms with E-state index < -0.39 is 0 Å². The molecule has 2 nitrogen and oxygen atoms in total. The molecule has 0 aromatic heterocycles. The molecule has 0 spiro atoms. The van der Waals surface area contributed by atoms with Crippen LogP contribution in [0.3, 0.4) is 0 Å². The zero-order valence-electron chi connectivity index (χ0n) is 10.5. The second kappa shape index (κ2) is 8.22. The third-order valence-corrected chi connectivity index (χ3v) is 3.46. The lowest BCUT2D eigenvalue weighted by atomic mass is 10.2. The molecule has 0 aliphatic carbocycles. The van der Waals surface area contributed by atoms with Crippen LogP contribution in [0.1, 0.15) is 27.2 Å². The minimum Gasteiger partial charge on any atom is -0.362 e. The predicted octanol–water partition coefficient (Wildman–Crippen LogP) is 2.59. The SMILES string of the molecule is CSCCC(C)N(C)C(=S)NCC(C)C. The maximum atomic E-state index is 5.33. The van der Waals surface area contributed by atoms with Gasteiger partial charge in [0, 0.05) is 19.6 Å². The zero-order valence-corrected chi connectivity index (χ0v) is 12.2. The van der Waals surface area contributed by atoms with Crippen LogP contribution in [-0.2, 0) is 0 Å². The molecule has 1 unspecified atom stereocenters. The van der Waals surface area contributed by atoms with Gasteiger partial charge in [-0.05, 0) is 43.5 Å². The molecule has 4 heteroatoms. The van der Waals surface area contributed by atoms with Crippen molar-refractivity contribution < 1.29 is 0 Å². The summed E-state index contributed by atoms with van der Waals surface area (Å²) >= 11 is 7.22. The van der Waals surface area contributed by atoms with E-state index in [4.69, 9.17) is 12.2 Å². The second-order valence-electron chi connectivity index (χ2n) is 4.32. The summed E-state index contributed by atoms with van der Waals surface area (Å²) in [6.45, 7) is 7.55. The molecule has 0 aromatic carbocycles. The van der Waals surface area contributed by atoms with Crippen LogP contribution in [0.2, 0.25) is 0 Å². The van der Waals surface area contributed by atoms with Crippen LogP contribution < -0.4 is 5.32 Å². The summed E-state index contributed by atoms with van der Waals surface area (Å²) in [7, 11) is 2.07. The van der Waals surface area contributed by atoms with E-state index in [1.165, 1.54) is 12.2 Å². The van der Waals surface area contributed by atoms with E-state index in [1.807, 2.05) is 11.8 Å². The first-order valence-corrected chi connectivity index (χ1v) is 7.28. The molecule has 1 atom stereocenters. The predicted molar refractivity (Wildman–Crippen MR) is 75.7 cm³/mol. The van der Waals surface area contributed by atoms with E-state index in [-0.39, 0.29) is 0 Å². The van der Waals surface area contributed by atoms with Gasteiger partial charge in [-0.2, -0.15) is 11.8 Å². The quantitative estimate of drug-likeness (QED) is 0.727. The van der Waals surface area contributed by atoms with Gasteiger partial charge in [-0.25, -0.2) is 0 Å². The Hall–Kier alpha value is 0.0400. The normalized spacial score (nSPS) is 12.7. The Bertz CT molecular complexity index is 183. The average molecular weight is 248 g/mol. The lowest BCUT2D eigenvalue weighted by Gasteiger charge is -2.28. The molecule has 90 valence electrons. The molecule has 0 heterocycles. The summed E-state index contributed by atoms with van der Waals surface area (Å²) < 4.78 is 0. The topological polar surface area (TPSA) is 15.3 Å². The van der Waals surface area contributed by atoms with Crippen LogP contribution in [-0.4, -0.2) is 41.7 Å². The molecule has 1 N–H and O–H groups in total. The van der Waals surface area contributed by atoms with Gasteiger partial charge in [0.1, 0.15) is 0 Å². The maximum absolute atomic E-state index is 5.33. The van der Waals surface area contributed by atoms with Crippen molar-refractivity contribution >= 4 is 29.1 Å². The summed E-state index contributed by atoms with van der Waals surface area (Å²) in [5, 5.41) is 4.16. The van der Waals surface area contributed by atoms with Crippen LogP contribution in [0.5, 0.6) is 0 Å². The number of thioether (sulfide) groups is 1. The highest BCUT2D eigenvalue weighted by molar-refractivity contribution is 7.98. The average Bonchev–Trinajstić information content (AvgIpc) is 2.21. The van der Waals surface area contributed by atoms with E-state index in [9.17, 15) is 0 Å². The van der Waals surface area contributed by atoms with Gasteiger partial charge >= 0.3 is 0 Å². The molecule has 0 rings (SSSR count). The Balaban J connectivity index is 3.85. The van der Waals surface area contributed by atoms with E-state index in [2.05, 4.69) is 44.3 Å². The molecule has 0 aromatic rings. The summed E-state index contributed by atoms with van der Waals surface area (Å²) in [4.78, 5) is 2.16. The van der Waals surface area contributed by atoms with Gasteiger partial charge in [0.2, 0.25) is 0 Å². The summed E-state index contributed by atoms with van der Waals surface area (Å²) in [6, 6.07) is 0.518. The molecular weight excluding hydrogens is 224 g/mol. The highest BCUT2D eigenvalue weighted by Gasteiger charge is 2.11. The second-order valence-corrected chi connectivity index (χ2v) is 5.69. The van der Waals surface area contributed by atoms with Crippen molar-refractivity contribution in [2.45, 2.75) is 33.2 Å². The fourth-order valence-electron chi connectivity index (χ4n) is 1.10. The van der Waals surface area contributed by atoms with Gasteiger partial charge in [-0.3, -0.25) is 0 Å². The smallest absolute Gasteiger partial charge is 0.168 e. The van der Waals surface area contributed by atoms with Gasteiger partial charge in [0.15, 0.2) is 5.11 Å². The lowest BCUT2D eigenvalue weighted by Crippen LogP contribution is -2.43. The summed E-state index contributed by atoms with van der Waals surface area (Å²) in [6.07, 6.45) is 3.32. The Morgan fingerprint density at radius 2 is 2.00 bits per heavy atom. The molecule has 0 aliphatic heterocycles. The Morgan fingerprint density at radius 3 is 2.47 bits per heavy atom. The Morgan fingerprint density at radius 1 is 1.40 bits per heavy atom. The molecule has 0 fully saturated rings. The van der Waals surface area contributed by atoms with Crippen molar-refractivity contribution in [3.05, 3.63) is 0 Å². The van der Waals surface area contributed by atoms with Crippen LogP contribution in [0.25, 0.3) is 0 Å². The molecule has 0 radical (unpaired) electrons. The lowest BCUT2D eigenvalue weighted by molar-refractivity contribution is 0.375. The van der Waals surface area contributed by atoms with Crippen molar-refractivity contribution in [1.82, 2.24) is 10.2 Å². The monoisotopic (exact) mass is 248 g/mol. The van der Waals surface area contributed by atoms with Gasteiger partial charge in [0.05, 0.1) is 0 Å². The van der Waals surface area contributed by atoms with E-state index in [0.717, 1.165) is 11.7 Å². The molecule has 0 bridgehead atoms. The van der Waals surface area contributed by atoms with Crippen LogP contribution >= 0.6 is 24.0 Å². The number of nitrogens with zero attached hydrogens (tertiary/aromatic N) is 1. The third-order valence-electron chi connectivity index (χ3n) is 2.38. The standard InChI is InChI=1S/C11H24N2S2/c1-9(2)8-12-11(14)13(4)10(3)6-7-15-5/h9-10H,6-8H2,1-5H3,(H,12,14). The van der Waals surface area contributed by atoms with Crippen LogP contribution in [0.15, 0.2) is 0 Å². The third kappa shape index (κ3) is 7.01. The highest BCUT2D eigenvalue weighted by atomic mass is 32.2. The van der Waals surface area contributed by atoms with Gasteiger partial charge in [-0.1, -0.05) is 13.8 Å². The Labute approximate surface area is 104 Å². The molecule has 0 saturated heterocycles. The molecular formula is C11H24N2S2. The van der Waals surface area contributed by atoms with Gasteiger partial charge in [0.25, 0.3) is 0 Å². The number of hydrogen-bond acceptors (Lipinski definition) is 2. The van der Waals surface area contributed by atoms with E-state index in [1.54, 1.807) is 0 Å². The van der Waals surface area contributed by atoms with Gasteiger partial charge < -0.3 is 10.2 Å². The minimum absolute atomic E-state index is 0.518. The number of rotatable bonds is 6. The zero-order chi connectivity index (χ0) is 11.8. The van der Waals surface area contributed by atoms with E-state index in [0.29, 0.717) is 12.0 Å². The molecule has 0 aliphatic rings. The molecule has 0 amide bonds. The van der Waals surface area contributed by atoms with Crippen molar-refractivity contribution in [1.29, 1.82) is 0 Å². The van der Waals surface area contributed by atoms with Crippen molar-refractivity contribution in [3.8, 4) is 0 Å². The van der Waals surface area contributed by atoms with E-state index >= 15 is 0 Å². The number of hydrogen-bond donors (Lipinski definition) is 1. The fourth-order valence-corrected chi connectivity index (χ4v) is 1.94. The van der Waals surface area contributed by atoms with Gasteiger partial charge in [-0.15, -0.1) is 0 Å². The Kier molecular flexibility index (Phi) is 8.24. The molecule has 15 heavy (non-hydrogen) atoms. The molecule has 0 saturated carbocycles. The maximum Gasteiger partial charge on any atom is 0.168 e. The van der Waals surface area contributed by atoms with Crippen LogP contribution in [0.4, 0.5) is 0 Å². The summed E-state index contributed by atoms with van der Waals surface area (Å²) in [5.74, 6) is 1.83. The van der Waals surface area contributed by atoms with Crippen molar-refractivity contribution in [2.75, 3.05) is 25.6 Å². The highest BCUT2D eigenvalue weighted by Crippen LogP contribution is 2.06. The number of nitrogens with one attached hydrogen (secondary N) is 1. The van der Waals surface area contributed by atoms with Crippen molar-refractivity contribution in [3.63, 3.8) is 0 Å². The minimum atomic E-state index is 0.518. The van der Waals surface area contributed by atoms with Crippen LogP contribution in [0, 0.1) is 5.92 Å². The first-order chi connectivity index (χ1) is 6.99. The first-order valence-electron chi connectivity index (χ1n) is 5.48. The first kappa shape index (κ1) is 15.0. The van der Waals surface area contributed by atoms with Crippen molar-refractivity contribution in [2.24, 2.45) is 5.92 Å². The number of thiocarbonyl (C=S) groups is 1.